The number of aromatic nitrogens is 2. The Kier molecular flexibility index (Phi) is 3.11. The molecule has 1 aliphatic carbocycles. The molecule has 5 heteroatoms. The number of H-pyrrole nitrogens is 1. The highest BCUT2D eigenvalue weighted by Crippen LogP contribution is 2.40. The van der Waals surface area contributed by atoms with Gasteiger partial charge in [-0.1, -0.05) is 26.0 Å². The van der Waals surface area contributed by atoms with Crippen LogP contribution in [0.15, 0.2) is 29.1 Å². The monoisotopic (exact) mass is 273 g/mol. The summed E-state index contributed by atoms with van der Waals surface area (Å²) in [4.78, 5) is 19.2. The second-order valence-corrected chi connectivity index (χ2v) is 6.04. The Labute approximate surface area is 117 Å². The van der Waals surface area contributed by atoms with Crippen LogP contribution in [0, 0.1) is 5.41 Å². The van der Waals surface area contributed by atoms with Gasteiger partial charge in [-0.25, -0.2) is 4.98 Å². The topological polar surface area (TPSA) is 78.0 Å². The number of nitrogens with one attached hydrogen (secondary N) is 2. The van der Waals surface area contributed by atoms with Crippen LogP contribution >= 0.6 is 0 Å². The molecule has 1 aromatic carbocycles. The van der Waals surface area contributed by atoms with E-state index in [9.17, 15) is 9.90 Å². The summed E-state index contributed by atoms with van der Waals surface area (Å²) in [5.74, 6) is 0.630. The van der Waals surface area contributed by atoms with Gasteiger partial charge >= 0.3 is 0 Å². The van der Waals surface area contributed by atoms with Gasteiger partial charge in [0.25, 0.3) is 5.56 Å². The number of aliphatic hydroxyl groups excluding tert-OH is 1. The van der Waals surface area contributed by atoms with Crippen LogP contribution in [0.2, 0.25) is 0 Å². The molecule has 2 aromatic rings. The molecular weight excluding hydrogens is 254 g/mol. The molecule has 1 aliphatic rings. The molecule has 1 heterocycles. The number of para-hydroxylation sites is 1. The van der Waals surface area contributed by atoms with Gasteiger partial charge in [0, 0.05) is 11.5 Å². The highest BCUT2D eigenvalue weighted by atomic mass is 16.3. The van der Waals surface area contributed by atoms with Crippen molar-refractivity contribution >= 4 is 10.9 Å². The van der Waals surface area contributed by atoms with Crippen molar-refractivity contribution in [1.82, 2.24) is 15.3 Å². The minimum absolute atomic E-state index is 0.111. The van der Waals surface area contributed by atoms with Crippen molar-refractivity contribution in [3.63, 3.8) is 0 Å². The maximum absolute atomic E-state index is 11.9. The first-order chi connectivity index (χ1) is 9.48. The van der Waals surface area contributed by atoms with Crippen molar-refractivity contribution in [2.45, 2.75) is 39.0 Å². The van der Waals surface area contributed by atoms with Crippen LogP contribution in [0.4, 0.5) is 0 Å². The zero-order valence-corrected chi connectivity index (χ0v) is 11.7. The van der Waals surface area contributed by atoms with E-state index < -0.39 is 0 Å². The molecule has 1 aromatic heterocycles. The second kappa shape index (κ2) is 4.68. The fourth-order valence-corrected chi connectivity index (χ4v) is 2.69. The van der Waals surface area contributed by atoms with E-state index in [1.807, 2.05) is 32.0 Å². The molecule has 20 heavy (non-hydrogen) atoms. The Morgan fingerprint density at radius 3 is 2.90 bits per heavy atom. The van der Waals surface area contributed by atoms with Crippen molar-refractivity contribution < 1.29 is 5.11 Å². The number of rotatable bonds is 3. The Balaban J connectivity index is 1.77. The molecule has 2 unspecified atom stereocenters. The third kappa shape index (κ3) is 2.13. The van der Waals surface area contributed by atoms with Crippen LogP contribution in [0.3, 0.4) is 0 Å². The predicted molar refractivity (Wildman–Crippen MR) is 77.4 cm³/mol. The first-order valence-electron chi connectivity index (χ1n) is 6.88. The van der Waals surface area contributed by atoms with E-state index in [1.54, 1.807) is 6.07 Å². The fourth-order valence-electron chi connectivity index (χ4n) is 2.69. The summed E-state index contributed by atoms with van der Waals surface area (Å²) in [6.07, 6.45) is 0.480. The quantitative estimate of drug-likeness (QED) is 0.784. The number of hydrogen-bond acceptors (Lipinski definition) is 4. The summed E-state index contributed by atoms with van der Waals surface area (Å²) in [5.41, 5.74) is 0.471. The summed E-state index contributed by atoms with van der Waals surface area (Å²) in [6.45, 7) is 4.58. The first kappa shape index (κ1) is 13.3. The standard InChI is InChI=1S/C15H19N3O2/c1-15(2)11(7-12(15)19)16-8-13-17-10-6-4-3-5-9(10)14(20)18-13/h3-6,11-12,16,19H,7-8H2,1-2H3,(H,17,18,20). The van der Waals surface area contributed by atoms with Crippen molar-refractivity contribution in [3.8, 4) is 0 Å². The second-order valence-electron chi connectivity index (χ2n) is 6.04. The minimum Gasteiger partial charge on any atom is -0.392 e. The first-order valence-corrected chi connectivity index (χ1v) is 6.88. The molecule has 2 atom stereocenters. The summed E-state index contributed by atoms with van der Waals surface area (Å²) in [6, 6.07) is 7.55. The third-order valence-corrected chi connectivity index (χ3v) is 4.39. The number of aromatic amines is 1. The molecule has 3 N–H and O–H groups in total. The average molecular weight is 273 g/mol. The summed E-state index contributed by atoms with van der Waals surface area (Å²) in [7, 11) is 0. The Bertz CT molecular complexity index is 693. The van der Waals surface area contributed by atoms with E-state index in [4.69, 9.17) is 0 Å². The zero-order chi connectivity index (χ0) is 14.3. The van der Waals surface area contributed by atoms with E-state index >= 15 is 0 Å². The Morgan fingerprint density at radius 1 is 1.45 bits per heavy atom. The zero-order valence-electron chi connectivity index (χ0n) is 11.7. The lowest BCUT2D eigenvalue weighted by molar-refractivity contribution is -0.0731. The van der Waals surface area contributed by atoms with Gasteiger partial charge in [-0.2, -0.15) is 0 Å². The number of aliphatic hydroxyl groups is 1. The van der Waals surface area contributed by atoms with Crippen LogP contribution in [-0.4, -0.2) is 27.2 Å². The highest BCUT2D eigenvalue weighted by molar-refractivity contribution is 5.77. The predicted octanol–water partition coefficient (Wildman–Crippen LogP) is 1.17. The van der Waals surface area contributed by atoms with Gasteiger partial charge in [-0.05, 0) is 18.6 Å². The van der Waals surface area contributed by atoms with E-state index in [0.29, 0.717) is 23.3 Å². The van der Waals surface area contributed by atoms with Crippen molar-refractivity contribution in [2.24, 2.45) is 5.41 Å². The molecule has 0 radical (unpaired) electrons. The highest BCUT2D eigenvalue weighted by Gasteiger charge is 2.46. The molecule has 1 saturated carbocycles. The maximum atomic E-state index is 11.9. The fraction of sp³-hybridized carbons (Fsp3) is 0.467. The van der Waals surface area contributed by atoms with Crippen LogP contribution in [0.5, 0.6) is 0 Å². The molecule has 3 rings (SSSR count). The normalized spacial score (nSPS) is 24.6. The molecule has 0 aliphatic heterocycles. The van der Waals surface area contributed by atoms with Gasteiger partial charge in [0.2, 0.25) is 0 Å². The Morgan fingerprint density at radius 2 is 2.20 bits per heavy atom. The van der Waals surface area contributed by atoms with Gasteiger partial charge in [-0.15, -0.1) is 0 Å². The number of fused-ring (bicyclic) bond motifs is 1. The number of benzene rings is 1. The SMILES string of the molecule is CC1(C)C(O)CC1NCc1nc2ccccc2c(=O)[nH]1. The molecule has 106 valence electrons. The van der Waals surface area contributed by atoms with Gasteiger partial charge in [0.05, 0.1) is 23.6 Å². The molecule has 0 saturated heterocycles. The van der Waals surface area contributed by atoms with Gasteiger partial charge in [0.1, 0.15) is 5.82 Å². The lowest BCUT2D eigenvalue weighted by Gasteiger charge is -2.49. The van der Waals surface area contributed by atoms with E-state index in [-0.39, 0.29) is 23.1 Å². The lowest BCUT2D eigenvalue weighted by Crippen LogP contribution is -2.59. The minimum atomic E-state index is -0.261. The Hall–Kier alpha value is -1.72. The van der Waals surface area contributed by atoms with Crippen LogP contribution < -0.4 is 10.9 Å². The summed E-state index contributed by atoms with van der Waals surface area (Å²) >= 11 is 0. The maximum Gasteiger partial charge on any atom is 0.258 e. The van der Waals surface area contributed by atoms with Gasteiger partial charge in [0.15, 0.2) is 0 Å². The van der Waals surface area contributed by atoms with E-state index in [0.717, 1.165) is 6.42 Å². The number of nitrogens with zero attached hydrogens (tertiary/aromatic N) is 1. The van der Waals surface area contributed by atoms with Crippen molar-refractivity contribution in [1.29, 1.82) is 0 Å². The van der Waals surface area contributed by atoms with E-state index in [2.05, 4.69) is 15.3 Å². The molecular formula is C15H19N3O2. The molecule has 5 nitrogen and oxygen atoms in total. The molecule has 0 spiro atoms. The third-order valence-electron chi connectivity index (χ3n) is 4.39. The van der Waals surface area contributed by atoms with Crippen molar-refractivity contribution in [2.75, 3.05) is 0 Å². The molecule has 0 bridgehead atoms. The van der Waals surface area contributed by atoms with E-state index in [1.165, 1.54) is 0 Å². The van der Waals surface area contributed by atoms with Crippen LogP contribution in [0.1, 0.15) is 26.1 Å². The number of hydrogen-bond donors (Lipinski definition) is 3. The average Bonchev–Trinajstić information content (AvgIpc) is 2.43. The summed E-state index contributed by atoms with van der Waals surface area (Å²) in [5, 5.41) is 13.7. The van der Waals surface area contributed by atoms with Gasteiger partial charge < -0.3 is 15.4 Å². The van der Waals surface area contributed by atoms with Crippen molar-refractivity contribution in [3.05, 3.63) is 40.4 Å². The van der Waals surface area contributed by atoms with Gasteiger partial charge in [-0.3, -0.25) is 4.79 Å². The van der Waals surface area contributed by atoms with Crippen LogP contribution in [0.25, 0.3) is 10.9 Å². The smallest absolute Gasteiger partial charge is 0.258 e. The van der Waals surface area contributed by atoms with Crippen LogP contribution in [-0.2, 0) is 6.54 Å². The lowest BCUT2D eigenvalue weighted by atomic mass is 9.64. The molecule has 0 amide bonds. The molecule has 1 fully saturated rings. The largest absolute Gasteiger partial charge is 0.392 e. The summed E-state index contributed by atoms with van der Waals surface area (Å²) < 4.78 is 0.